The van der Waals surface area contributed by atoms with Crippen LogP contribution >= 0.6 is 11.7 Å². The largest absolute Gasteiger partial charge is 0.446 e. The van der Waals surface area contributed by atoms with Gasteiger partial charge in [-0.05, 0) is 19.5 Å². The molecule has 212 valence electrons. The number of ether oxygens (including phenoxy) is 1. The molecule has 1 aliphatic heterocycles. The summed E-state index contributed by atoms with van der Waals surface area (Å²) in [5.41, 5.74) is 0.509. The first-order valence-corrected chi connectivity index (χ1v) is 14.0. The normalized spacial score (nSPS) is 13.1. The van der Waals surface area contributed by atoms with Crippen LogP contribution in [0.15, 0.2) is 29.1 Å². The highest BCUT2D eigenvalue weighted by Gasteiger charge is 2.31. The molecule has 0 radical (unpaired) electrons. The molecule has 4 rings (SSSR count). The second-order valence-corrected chi connectivity index (χ2v) is 9.60. The van der Waals surface area contributed by atoms with E-state index in [-0.39, 0.29) is 18.2 Å². The number of aromatic nitrogens is 3. The molecular weight excluding hydrogens is 520 g/mol. The van der Waals surface area contributed by atoms with Crippen molar-refractivity contribution in [3.8, 4) is 0 Å². The number of amides is 1. The zero-order valence-corrected chi connectivity index (χ0v) is 23.8. The van der Waals surface area contributed by atoms with Crippen molar-refractivity contribution < 1.29 is 14.3 Å². The number of esters is 1. The van der Waals surface area contributed by atoms with Gasteiger partial charge in [0.05, 0.1) is 22.9 Å². The zero-order valence-electron chi connectivity index (χ0n) is 23.0. The van der Waals surface area contributed by atoms with Gasteiger partial charge in [-0.1, -0.05) is 51.8 Å². The Morgan fingerprint density at radius 1 is 1.10 bits per heavy atom. The summed E-state index contributed by atoms with van der Waals surface area (Å²) in [4.78, 5) is 42.9. The quantitative estimate of drug-likeness (QED) is 0.155. The zero-order chi connectivity index (χ0) is 28.4. The number of nitrogens with zero attached hydrogens (tertiary/aromatic N) is 5. The summed E-state index contributed by atoms with van der Waals surface area (Å²) in [5.74, 6) is 5.60. The maximum atomic E-state index is 13.2. The molecule has 1 aliphatic rings. The molecule has 13 heteroatoms. The average molecular weight is 559 g/mol. The van der Waals surface area contributed by atoms with E-state index in [0.29, 0.717) is 54.3 Å². The SMILES string of the molecule is CCC.CCCCNc1nsnc1C(=O)N1CCN(c2c(C(=O)OCNC)c(=O)n(N)c3ccccc23)CC1. The van der Waals surface area contributed by atoms with Crippen LogP contribution in [0.1, 0.15) is 60.9 Å². The summed E-state index contributed by atoms with van der Waals surface area (Å²) in [6.45, 7) is 8.61. The Labute approximate surface area is 232 Å². The van der Waals surface area contributed by atoms with E-state index in [0.717, 1.165) is 35.8 Å². The van der Waals surface area contributed by atoms with Crippen molar-refractivity contribution in [2.45, 2.75) is 40.0 Å². The number of carbonyl (C=O) groups excluding carboxylic acids is 2. The van der Waals surface area contributed by atoms with E-state index in [9.17, 15) is 14.4 Å². The van der Waals surface area contributed by atoms with Gasteiger partial charge in [0.2, 0.25) is 0 Å². The van der Waals surface area contributed by atoms with E-state index < -0.39 is 11.5 Å². The highest BCUT2D eigenvalue weighted by molar-refractivity contribution is 6.99. The number of piperazine rings is 1. The summed E-state index contributed by atoms with van der Waals surface area (Å²) in [6.07, 6.45) is 3.25. The molecule has 39 heavy (non-hydrogen) atoms. The van der Waals surface area contributed by atoms with Gasteiger partial charge in [0, 0.05) is 38.1 Å². The Hall–Kier alpha value is -3.71. The summed E-state index contributed by atoms with van der Waals surface area (Å²) in [6, 6.07) is 7.14. The van der Waals surface area contributed by atoms with Gasteiger partial charge in [0.1, 0.15) is 6.73 Å². The molecule has 0 bridgehead atoms. The molecule has 0 atom stereocenters. The first kappa shape index (κ1) is 29.8. The molecule has 2 aromatic heterocycles. The number of carbonyl (C=O) groups is 2. The van der Waals surface area contributed by atoms with Gasteiger partial charge in [-0.25, -0.2) is 9.47 Å². The van der Waals surface area contributed by atoms with Gasteiger partial charge in [-0.3, -0.25) is 14.9 Å². The molecule has 3 heterocycles. The molecule has 0 unspecified atom stereocenters. The van der Waals surface area contributed by atoms with Crippen molar-refractivity contribution in [2.24, 2.45) is 0 Å². The summed E-state index contributed by atoms with van der Waals surface area (Å²) >= 11 is 1.00. The minimum Gasteiger partial charge on any atom is -0.446 e. The number of nitrogens with one attached hydrogen (secondary N) is 2. The van der Waals surface area contributed by atoms with Gasteiger partial charge in [-0.15, -0.1) is 0 Å². The predicted molar refractivity (Wildman–Crippen MR) is 155 cm³/mol. The minimum atomic E-state index is -0.760. The van der Waals surface area contributed by atoms with Crippen LogP contribution in [0.2, 0.25) is 0 Å². The van der Waals surface area contributed by atoms with Crippen molar-refractivity contribution in [3.63, 3.8) is 0 Å². The van der Waals surface area contributed by atoms with E-state index in [4.69, 9.17) is 10.6 Å². The van der Waals surface area contributed by atoms with Crippen LogP contribution < -0.4 is 26.9 Å². The number of nitrogens with two attached hydrogens (primary N) is 1. The lowest BCUT2D eigenvalue weighted by molar-refractivity contribution is 0.0479. The average Bonchev–Trinajstić information content (AvgIpc) is 3.42. The van der Waals surface area contributed by atoms with Gasteiger partial charge >= 0.3 is 5.97 Å². The van der Waals surface area contributed by atoms with Crippen LogP contribution in [-0.4, -0.2) is 76.7 Å². The van der Waals surface area contributed by atoms with Crippen LogP contribution in [0.3, 0.4) is 0 Å². The molecule has 0 spiro atoms. The van der Waals surface area contributed by atoms with Crippen molar-refractivity contribution in [3.05, 3.63) is 45.9 Å². The fourth-order valence-corrected chi connectivity index (χ4v) is 4.70. The summed E-state index contributed by atoms with van der Waals surface area (Å²) in [5, 5.41) is 6.58. The van der Waals surface area contributed by atoms with E-state index in [1.165, 1.54) is 6.42 Å². The number of anilines is 2. The highest BCUT2D eigenvalue weighted by Crippen LogP contribution is 2.30. The Balaban J connectivity index is 0.00000134. The summed E-state index contributed by atoms with van der Waals surface area (Å²) in [7, 11) is 1.63. The number of benzene rings is 1. The molecule has 12 nitrogen and oxygen atoms in total. The van der Waals surface area contributed by atoms with Crippen LogP contribution in [0.25, 0.3) is 10.9 Å². The molecule has 3 aromatic rings. The maximum Gasteiger partial charge on any atom is 0.347 e. The summed E-state index contributed by atoms with van der Waals surface area (Å²) < 4.78 is 14.6. The smallest absolute Gasteiger partial charge is 0.347 e. The van der Waals surface area contributed by atoms with Crippen LogP contribution in [0, 0.1) is 0 Å². The first-order chi connectivity index (χ1) is 18.9. The van der Waals surface area contributed by atoms with Crippen LogP contribution in [-0.2, 0) is 4.74 Å². The number of unbranched alkanes of at least 4 members (excludes halogenated alkanes) is 1. The second kappa shape index (κ2) is 14.4. The lowest BCUT2D eigenvalue weighted by atomic mass is 10.1. The second-order valence-electron chi connectivity index (χ2n) is 9.07. The fourth-order valence-electron chi connectivity index (χ4n) is 4.18. The van der Waals surface area contributed by atoms with E-state index in [1.54, 1.807) is 24.1 Å². The number of pyridine rings is 1. The van der Waals surface area contributed by atoms with E-state index in [1.807, 2.05) is 17.0 Å². The number of fused-ring (bicyclic) bond motifs is 1. The third-order valence-electron chi connectivity index (χ3n) is 6.04. The number of nitrogen functional groups attached to an aromatic ring is 1. The van der Waals surface area contributed by atoms with Crippen molar-refractivity contribution in [1.82, 2.24) is 23.6 Å². The lowest BCUT2D eigenvalue weighted by Gasteiger charge is -2.37. The third kappa shape index (κ3) is 6.84. The number of rotatable bonds is 9. The highest BCUT2D eigenvalue weighted by atomic mass is 32.1. The van der Waals surface area contributed by atoms with Crippen molar-refractivity contribution in [2.75, 3.05) is 62.6 Å². The predicted octanol–water partition coefficient (Wildman–Crippen LogP) is 2.49. The van der Waals surface area contributed by atoms with Crippen LogP contribution in [0.5, 0.6) is 0 Å². The Kier molecular flexibility index (Phi) is 11.1. The van der Waals surface area contributed by atoms with Crippen molar-refractivity contribution >= 4 is 46.0 Å². The maximum absolute atomic E-state index is 13.2. The fraction of sp³-hybridized carbons (Fsp3) is 0.500. The molecule has 1 saturated heterocycles. The number of hydrogen-bond acceptors (Lipinski definition) is 11. The Morgan fingerprint density at radius 3 is 2.46 bits per heavy atom. The molecule has 4 N–H and O–H groups in total. The van der Waals surface area contributed by atoms with Gasteiger partial charge in [-0.2, -0.15) is 8.75 Å². The van der Waals surface area contributed by atoms with Crippen molar-refractivity contribution in [1.29, 1.82) is 0 Å². The number of hydrogen-bond donors (Lipinski definition) is 3. The standard InChI is InChI=1S/C23H30N8O4S.C3H8/c1-3-4-9-26-20-18(27-36-28-20)22(33)30-12-10-29(11-13-30)19-15-7-5-6-8-16(15)31(24)21(32)17(19)23(34)35-14-25-2;1-3-2/h5-8,25H,3-4,9-14,24H2,1-2H3,(H,26,28);3H2,1-2H3. The van der Waals surface area contributed by atoms with Gasteiger partial charge in [0.15, 0.2) is 17.1 Å². The lowest BCUT2D eigenvalue weighted by Crippen LogP contribution is -2.50. The molecule has 1 amide bonds. The molecule has 1 fully saturated rings. The molecule has 1 aromatic carbocycles. The Bertz CT molecular complexity index is 1320. The monoisotopic (exact) mass is 558 g/mol. The van der Waals surface area contributed by atoms with Gasteiger partial charge < -0.3 is 25.7 Å². The van der Waals surface area contributed by atoms with Gasteiger partial charge in [0.25, 0.3) is 11.5 Å². The minimum absolute atomic E-state index is 0.0479. The molecular formula is C26H38N8O4S. The molecule has 0 aliphatic carbocycles. The first-order valence-electron chi connectivity index (χ1n) is 13.2. The third-order valence-corrected chi connectivity index (χ3v) is 6.57. The Morgan fingerprint density at radius 2 is 1.79 bits per heavy atom. The van der Waals surface area contributed by atoms with E-state index in [2.05, 4.69) is 40.2 Å². The van der Waals surface area contributed by atoms with E-state index >= 15 is 0 Å². The van der Waals surface area contributed by atoms with Crippen LogP contribution in [0.4, 0.5) is 11.5 Å². The molecule has 0 saturated carbocycles. The number of para-hydroxylation sites is 1. The topological polar surface area (TPSA) is 148 Å².